The van der Waals surface area contributed by atoms with Crippen molar-refractivity contribution in [2.24, 2.45) is 0 Å². The van der Waals surface area contributed by atoms with Gasteiger partial charge in [-0.2, -0.15) is 0 Å². The lowest BCUT2D eigenvalue weighted by atomic mass is 10.0. The molecule has 0 amide bonds. The first-order valence-electron chi connectivity index (χ1n) is 3.66. The van der Waals surface area contributed by atoms with Gasteiger partial charge in [-0.1, -0.05) is 31.9 Å². The van der Waals surface area contributed by atoms with E-state index >= 15 is 0 Å². The van der Waals surface area contributed by atoms with Gasteiger partial charge in [-0.05, 0) is 6.92 Å². The van der Waals surface area contributed by atoms with Crippen LogP contribution in [0, 0.1) is 0 Å². The Morgan fingerprint density at radius 1 is 1.31 bits per heavy atom. The van der Waals surface area contributed by atoms with Crippen molar-refractivity contribution in [2.45, 2.75) is 30.1 Å². The van der Waals surface area contributed by atoms with E-state index in [1.165, 1.54) is 6.92 Å². The highest BCUT2D eigenvalue weighted by molar-refractivity contribution is 9.10. The van der Waals surface area contributed by atoms with E-state index in [2.05, 4.69) is 31.9 Å². The minimum absolute atomic E-state index is 0.142. The quantitative estimate of drug-likeness (QED) is 0.614. The first-order valence-corrected chi connectivity index (χ1v) is 5.70. The number of aliphatic hydroxyl groups excluding tert-OH is 3. The predicted octanol–water partition coefficient (Wildman–Crippen LogP) is -0.184. The molecule has 3 N–H and O–H groups in total. The first-order chi connectivity index (χ1) is 5.91. The maximum Gasteiger partial charge on any atom is 0.146 e. The Labute approximate surface area is 93.2 Å². The third-order valence-corrected chi connectivity index (χ3v) is 3.44. The number of hydrogen-bond acceptors (Lipinski definition) is 4. The van der Waals surface area contributed by atoms with Crippen LogP contribution < -0.4 is 0 Å². The maximum absolute atomic E-state index is 10.8. The average molecular weight is 320 g/mol. The molecule has 0 heterocycles. The number of carbonyl (C=O) groups excluding carboxylic acids is 1. The summed E-state index contributed by atoms with van der Waals surface area (Å²) >= 11 is 5.87. The molecule has 0 spiro atoms. The number of aliphatic hydroxyl groups is 3. The van der Waals surface area contributed by atoms with Crippen LogP contribution in [0.15, 0.2) is 0 Å². The Morgan fingerprint density at radius 3 is 2.08 bits per heavy atom. The summed E-state index contributed by atoms with van der Waals surface area (Å²) in [4.78, 5) is 9.94. The fourth-order valence-corrected chi connectivity index (χ4v) is 1.43. The summed E-state index contributed by atoms with van der Waals surface area (Å²) in [7, 11) is 0. The lowest BCUT2D eigenvalue weighted by Gasteiger charge is -2.23. The number of halogens is 2. The lowest BCUT2D eigenvalue weighted by Crippen LogP contribution is -2.45. The largest absolute Gasteiger partial charge is 0.389 e. The van der Waals surface area contributed by atoms with E-state index in [0.29, 0.717) is 0 Å². The highest BCUT2D eigenvalue weighted by atomic mass is 79.9. The van der Waals surface area contributed by atoms with Crippen LogP contribution in [0.5, 0.6) is 0 Å². The third-order valence-electron chi connectivity index (χ3n) is 1.59. The van der Waals surface area contributed by atoms with Crippen molar-refractivity contribution in [3.63, 3.8) is 0 Å². The molecule has 4 nitrogen and oxygen atoms in total. The zero-order valence-corrected chi connectivity index (χ0v) is 10.2. The van der Waals surface area contributed by atoms with E-state index in [-0.39, 0.29) is 11.1 Å². The van der Waals surface area contributed by atoms with Gasteiger partial charge in [-0.15, -0.1) is 0 Å². The number of ketones is 1. The minimum atomic E-state index is -1.34. The molecule has 0 aromatic heterocycles. The topological polar surface area (TPSA) is 77.8 Å². The van der Waals surface area contributed by atoms with Crippen molar-refractivity contribution in [3.8, 4) is 0 Å². The van der Waals surface area contributed by atoms with E-state index in [1.54, 1.807) is 0 Å². The molecule has 0 rings (SSSR count). The molecule has 6 heteroatoms. The molecule has 13 heavy (non-hydrogen) atoms. The Morgan fingerprint density at radius 2 is 1.77 bits per heavy atom. The summed E-state index contributed by atoms with van der Waals surface area (Å²) < 4.78 is 0. The number of carbonyl (C=O) groups is 1. The van der Waals surface area contributed by atoms with Crippen molar-refractivity contribution >= 4 is 37.6 Å². The second-order valence-corrected chi connectivity index (χ2v) is 4.35. The van der Waals surface area contributed by atoms with Gasteiger partial charge in [0.2, 0.25) is 0 Å². The molecule has 0 aromatic carbocycles. The predicted molar refractivity (Wildman–Crippen MR) is 55.2 cm³/mol. The molecule has 0 aliphatic rings. The summed E-state index contributed by atoms with van der Waals surface area (Å²) in [5.41, 5.74) is 0. The molecule has 0 saturated heterocycles. The Bertz CT molecular complexity index is 176. The zero-order chi connectivity index (χ0) is 10.6. The Kier molecular flexibility index (Phi) is 6.32. The fraction of sp³-hybridized carbons (Fsp3) is 0.857. The molecule has 0 bridgehead atoms. The monoisotopic (exact) mass is 318 g/mol. The van der Waals surface area contributed by atoms with Crippen LogP contribution in [0.4, 0.5) is 0 Å². The summed E-state index contributed by atoms with van der Waals surface area (Å²) in [5, 5.41) is 27.9. The van der Waals surface area contributed by atoms with Crippen molar-refractivity contribution < 1.29 is 20.1 Å². The van der Waals surface area contributed by atoms with E-state index in [9.17, 15) is 15.0 Å². The summed E-state index contributed by atoms with van der Waals surface area (Å²) in [6.45, 7) is 1.29. The van der Waals surface area contributed by atoms with Gasteiger partial charge in [0, 0.05) is 5.33 Å². The van der Waals surface area contributed by atoms with Crippen LogP contribution in [-0.2, 0) is 4.79 Å². The number of alkyl halides is 2. The summed E-state index contributed by atoms with van der Waals surface area (Å²) in [6, 6.07) is 0. The SMILES string of the molecule is CC(=O)C(Br)[C@H](O)[C@@H](O)[C@H](O)CBr. The zero-order valence-electron chi connectivity index (χ0n) is 7.02. The van der Waals surface area contributed by atoms with Gasteiger partial charge < -0.3 is 15.3 Å². The van der Waals surface area contributed by atoms with Gasteiger partial charge in [0.1, 0.15) is 22.8 Å². The number of rotatable bonds is 5. The molecule has 0 aromatic rings. The van der Waals surface area contributed by atoms with Gasteiger partial charge in [-0.25, -0.2) is 0 Å². The van der Waals surface area contributed by atoms with Gasteiger partial charge >= 0.3 is 0 Å². The molecule has 4 atom stereocenters. The van der Waals surface area contributed by atoms with Crippen molar-refractivity contribution in [1.82, 2.24) is 0 Å². The van der Waals surface area contributed by atoms with Gasteiger partial charge in [0.15, 0.2) is 0 Å². The number of Topliss-reactive ketones (excluding diaryl/α,β-unsaturated/α-hetero) is 1. The van der Waals surface area contributed by atoms with Crippen LogP contribution >= 0.6 is 31.9 Å². The third kappa shape index (κ3) is 4.03. The van der Waals surface area contributed by atoms with Crippen LogP contribution in [0.2, 0.25) is 0 Å². The van der Waals surface area contributed by atoms with Crippen LogP contribution in [-0.4, -0.2) is 49.6 Å². The van der Waals surface area contributed by atoms with Crippen LogP contribution in [0.25, 0.3) is 0 Å². The molecule has 0 radical (unpaired) electrons. The van der Waals surface area contributed by atoms with Crippen molar-refractivity contribution in [1.29, 1.82) is 0 Å². The standard InChI is InChI=1S/C7H12Br2O4/c1-3(10)5(9)7(13)6(12)4(11)2-8/h4-7,11-13H,2H2,1H3/t4-,5?,6+,7+/m1/s1. The fourth-order valence-electron chi connectivity index (χ4n) is 0.732. The second kappa shape index (κ2) is 6.08. The second-order valence-electron chi connectivity index (χ2n) is 2.72. The van der Waals surface area contributed by atoms with Gasteiger partial charge in [-0.3, -0.25) is 4.79 Å². The van der Waals surface area contributed by atoms with Gasteiger partial charge in [0.25, 0.3) is 0 Å². The molecule has 0 saturated carbocycles. The van der Waals surface area contributed by atoms with Crippen molar-refractivity contribution in [3.05, 3.63) is 0 Å². The first kappa shape index (κ1) is 13.5. The van der Waals surface area contributed by atoms with E-state index < -0.39 is 23.1 Å². The van der Waals surface area contributed by atoms with Crippen molar-refractivity contribution in [2.75, 3.05) is 5.33 Å². The van der Waals surface area contributed by atoms with Crippen LogP contribution in [0.1, 0.15) is 6.92 Å². The molecule has 0 aliphatic heterocycles. The average Bonchev–Trinajstić information content (AvgIpc) is 2.12. The smallest absolute Gasteiger partial charge is 0.146 e. The maximum atomic E-state index is 10.8. The van der Waals surface area contributed by atoms with E-state index in [0.717, 1.165) is 0 Å². The molecule has 0 fully saturated rings. The van der Waals surface area contributed by atoms with Crippen LogP contribution in [0.3, 0.4) is 0 Å². The number of hydrogen-bond donors (Lipinski definition) is 3. The van der Waals surface area contributed by atoms with E-state index in [1.807, 2.05) is 0 Å². The Balaban J connectivity index is 4.24. The molecular weight excluding hydrogens is 308 g/mol. The van der Waals surface area contributed by atoms with Gasteiger partial charge in [0.05, 0.1) is 6.10 Å². The highest BCUT2D eigenvalue weighted by Crippen LogP contribution is 2.14. The van der Waals surface area contributed by atoms with E-state index in [4.69, 9.17) is 5.11 Å². The molecule has 0 aliphatic carbocycles. The summed E-state index contributed by atoms with van der Waals surface area (Å²) in [6.07, 6.45) is -3.73. The molecule has 78 valence electrons. The lowest BCUT2D eigenvalue weighted by molar-refractivity contribution is -0.121. The summed E-state index contributed by atoms with van der Waals surface area (Å²) in [5.74, 6) is -0.298. The molecule has 1 unspecified atom stereocenters. The molecular formula is C7H12Br2O4. The highest BCUT2D eigenvalue weighted by Gasteiger charge is 2.31. The Hall–Kier alpha value is 0.510. The minimum Gasteiger partial charge on any atom is -0.389 e. The normalized spacial score (nSPS) is 20.5.